The van der Waals surface area contributed by atoms with E-state index in [0.29, 0.717) is 43.0 Å². The number of imidazole rings is 1. The minimum Gasteiger partial charge on any atom is -0.378 e. The van der Waals surface area contributed by atoms with Gasteiger partial charge in [0.25, 0.3) is 0 Å². The predicted octanol–water partition coefficient (Wildman–Crippen LogP) is 3.84. The number of aromatic amines is 1. The molecule has 0 aromatic carbocycles. The minimum absolute atomic E-state index is 0.0191. The first-order chi connectivity index (χ1) is 17.7. The Bertz CT molecular complexity index is 1350. The number of pyridine rings is 1. The highest BCUT2D eigenvalue weighted by Gasteiger charge is 2.42. The number of nitrogens with zero attached hydrogens (tertiary/aromatic N) is 7. The third-order valence-electron chi connectivity index (χ3n) is 7.17. The molecule has 2 aliphatic heterocycles. The van der Waals surface area contributed by atoms with Crippen LogP contribution >= 0.6 is 0 Å². The summed E-state index contributed by atoms with van der Waals surface area (Å²) >= 11 is 0. The van der Waals surface area contributed by atoms with Gasteiger partial charge in [-0.2, -0.15) is 18.3 Å². The summed E-state index contributed by atoms with van der Waals surface area (Å²) in [6.45, 7) is 12.6. The molecule has 37 heavy (non-hydrogen) atoms. The van der Waals surface area contributed by atoms with E-state index in [2.05, 4.69) is 43.6 Å². The van der Waals surface area contributed by atoms with E-state index in [1.165, 1.54) is 16.7 Å². The number of piperazine rings is 1. The normalized spacial score (nSPS) is 22.5. The van der Waals surface area contributed by atoms with Gasteiger partial charge in [0.2, 0.25) is 0 Å². The lowest BCUT2D eigenvalue weighted by molar-refractivity contribution is -0.137. The van der Waals surface area contributed by atoms with Crippen LogP contribution in [0.1, 0.15) is 42.4 Å². The highest BCUT2D eigenvalue weighted by Crippen LogP contribution is 2.37. The molecule has 2 aliphatic rings. The van der Waals surface area contributed by atoms with Gasteiger partial charge in [0.15, 0.2) is 5.84 Å². The molecule has 3 aromatic heterocycles. The summed E-state index contributed by atoms with van der Waals surface area (Å²) in [5.41, 5.74) is 2.04. The molecule has 2 atom stereocenters. The Morgan fingerprint density at radius 1 is 1.24 bits per heavy atom. The van der Waals surface area contributed by atoms with Crippen molar-refractivity contribution in [3.63, 3.8) is 0 Å². The number of H-pyrrole nitrogens is 1. The Hall–Kier alpha value is -3.51. The number of aryl methyl sites for hydroxylation is 1. The van der Waals surface area contributed by atoms with Gasteiger partial charge < -0.3 is 9.64 Å². The van der Waals surface area contributed by atoms with E-state index < -0.39 is 11.7 Å². The quantitative estimate of drug-likeness (QED) is 0.413. The van der Waals surface area contributed by atoms with Crippen molar-refractivity contribution in [1.29, 1.82) is 0 Å². The molecule has 1 N–H and O–H groups in total. The van der Waals surface area contributed by atoms with Crippen molar-refractivity contribution < 1.29 is 17.9 Å². The van der Waals surface area contributed by atoms with Crippen molar-refractivity contribution in [1.82, 2.24) is 29.4 Å². The van der Waals surface area contributed by atoms with Crippen molar-refractivity contribution in [3.8, 4) is 0 Å². The fraction of sp³-hybridized carbons (Fsp3) is 0.440. The fourth-order valence-corrected chi connectivity index (χ4v) is 5.15. The number of amidine groups is 1. The Labute approximate surface area is 212 Å². The smallest absolute Gasteiger partial charge is 0.378 e. The van der Waals surface area contributed by atoms with Gasteiger partial charge in [0.05, 0.1) is 43.3 Å². The van der Waals surface area contributed by atoms with Crippen molar-refractivity contribution in [2.45, 2.75) is 45.1 Å². The average molecular weight is 515 g/mol. The zero-order chi connectivity index (χ0) is 26.3. The zero-order valence-corrected chi connectivity index (χ0v) is 20.9. The third-order valence-corrected chi connectivity index (χ3v) is 7.17. The van der Waals surface area contributed by atoms with Gasteiger partial charge in [-0.3, -0.25) is 14.4 Å². The number of allylic oxidation sites excluding steroid dienone is 1. The van der Waals surface area contributed by atoms with Crippen LogP contribution in [0.25, 0.3) is 5.65 Å². The molecule has 0 amide bonds. The van der Waals surface area contributed by atoms with Gasteiger partial charge in [-0.15, -0.1) is 0 Å². The van der Waals surface area contributed by atoms with Gasteiger partial charge in [0.1, 0.15) is 17.2 Å². The van der Waals surface area contributed by atoms with Crippen molar-refractivity contribution in [3.05, 3.63) is 65.1 Å². The molecule has 5 rings (SSSR count). The fourth-order valence-electron chi connectivity index (χ4n) is 5.15. The number of hydrogen-bond acceptors (Lipinski definition) is 6. The molecule has 0 bridgehead atoms. The van der Waals surface area contributed by atoms with E-state index in [0.717, 1.165) is 30.1 Å². The van der Waals surface area contributed by atoms with Crippen LogP contribution in [0.3, 0.4) is 0 Å². The van der Waals surface area contributed by atoms with E-state index in [1.54, 1.807) is 0 Å². The lowest BCUT2D eigenvalue weighted by atomic mass is 9.93. The van der Waals surface area contributed by atoms with Gasteiger partial charge in [-0.1, -0.05) is 0 Å². The minimum atomic E-state index is -4.48. The van der Waals surface area contributed by atoms with E-state index in [4.69, 9.17) is 9.73 Å². The average Bonchev–Trinajstić information content (AvgIpc) is 3.45. The SMILES string of the molecule is C=N/C(=N\C(=C/C)N1CCN(C2COC2)[C@H](c2cn[nH]c2C)[C@H]1C)c1cnc2ccc(C(F)(F)F)cn12. The zero-order valence-electron chi connectivity index (χ0n) is 20.9. The predicted molar refractivity (Wildman–Crippen MR) is 134 cm³/mol. The van der Waals surface area contributed by atoms with Crippen LogP contribution in [-0.2, 0) is 10.9 Å². The number of alkyl halides is 3. The number of nitrogens with one attached hydrogen (secondary N) is 1. The molecule has 3 aromatic rings. The first-order valence-corrected chi connectivity index (χ1v) is 12.1. The molecule has 12 heteroatoms. The summed E-state index contributed by atoms with van der Waals surface area (Å²) < 4.78 is 46.9. The van der Waals surface area contributed by atoms with Crippen LogP contribution in [-0.4, -0.2) is 80.3 Å². The molecule has 9 nitrogen and oxygen atoms in total. The maximum atomic E-state index is 13.4. The molecule has 2 saturated heterocycles. The Morgan fingerprint density at radius 2 is 2.03 bits per heavy atom. The Kier molecular flexibility index (Phi) is 6.63. The topological polar surface area (TPSA) is 86.4 Å². The van der Waals surface area contributed by atoms with Crippen LogP contribution < -0.4 is 0 Å². The number of hydrogen-bond donors (Lipinski definition) is 1. The van der Waals surface area contributed by atoms with Crippen molar-refractivity contribution >= 4 is 18.2 Å². The molecule has 0 aliphatic carbocycles. The monoisotopic (exact) mass is 514 g/mol. The van der Waals surface area contributed by atoms with E-state index >= 15 is 0 Å². The van der Waals surface area contributed by atoms with Gasteiger partial charge in [-0.25, -0.2) is 15.0 Å². The van der Waals surface area contributed by atoms with Crippen LogP contribution in [0.15, 0.2) is 52.6 Å². The maximum absolute atomic E-state index is 13.4. The Balaban J connectivity index is 1.50. The molecule has 0 saturated carbocycles. The van der Waals surface area contributed by atoms with E-state index in [1.807, 2.05) is 26.1 Å². The van der Waals surface area contributed by atoms with Gasteiger partial charge >= 0.3 is 6.18 Å². The summed E-state index contributed by atoms with van der Waals surface area (Å²) in [4.78, 5) is 17.8. The molecule has 5 heterocycles. The molecule has 2 fully saturated rings. The summed E-state index contributed by atoms with van der Waals surface area (Å²) in [5.74, 6) is 0.852. The number of aliphatic imine (C=N–C) groups is 2. The van der Waals surface area contributed by atoms with E-state index in [9.17, 15) is 13.2 Å². The molecular formula is C25H29F3N8O. The largest absolute Gasteiger partial charge is 0.417 e. The molecule has 0 spiro atoms. The Morgan fingerprint density at radius 3 is 2.62 bits per heavy atom. The summed E-state index contributed by atoms with van der Waals surface area (Å²) in [7, 11) is 0. The lowest BCUT2D eigenvalue weighted by Gasteiger charge is -2.51. The summed E-state index contributed by atoms with van der Waals surface area (Å²) in [6.07, 6.45) is 1.75. The number of ether oxygens (including phenoxy) is 1. The molecule has 0 unspecified atom stereocenters. The summed E-state index contributed by atoms with van der Waals surface area (Å²) in [6, 6.07) is 2.75. The first kappa shape index (κ1) is 25.2. The van der Waals surface area contributed by atoms with Crippen LogP contribution in [0, 0.1) is 6.92 Å². The second-order valence-corrected chi connectivity index (χ2v) is 9.29. The maximum Gasteiger partial charge on any atom is 0.417 e. The first-order valence-electron chi connectivity index (χ1n) is 12.1. The molecule has 196 valence electrons. The lowest BCUT2D eigenvalue weighted by Crippen LogP contribution is -2.60. The highest BCUT2D eigenvalue weighted by molar-refractivity contribution is 6.01. The van der Waals surface area contributed by atoms with Crippen LogP contribution in [0.4, 0.5) is 13.2 Å². The highest BCUT2D eigenvalue weighted by atomic mass is 19.4. The standard InChI is InChI=1S/C25H29F3N8O/c1-5-21(32-24(29-4)20-11-30-22-7-6-17(12-36(20)22)25(26,27)28)34-8-9-35(18-13-37-14-18)23(16(34)3)19-10-31-33-15(19)2/h5-7,10-12,16,18,23H,4,8-9,13-14H2,1-3H3,(H,31,33)/b21-5+,32-24-/t16-,23+/m1/s1. The second-order valence-electron chi connectivity index (χ2n) is 9.29. The van der Waals surface area contributed by atoms with Crippen molar-refractivity contribution in [2.75, 3.05) is 26.3 Å². The molecule has 0 radical (unpaired) electrons. The number of halogens is 3. The van der Waals surface area contributed by atoms with Crippen molar-refractivity contribution in [2.24, 2.45) is 9.98 Å². The van der Waals surface area contributed by atoms with E-state index in [-0.39, 0.29) is 17.9 Å². The van der Waals surface area contributed by atoms with Crippen LogP contribution in [0.5, 0.6) is 0 Å². The number of aromatic nitrogens is 4. The second kappa shape index (κ2) is 9.75. The number of rotatable bonds is 5. The van der Waals surface area contributed by atoms with Gasteiger partial charge in [0, 0.05) is 36.6 Å². The van der Waals surface area contributed by atoms with Crippen LogP contribution in [0.2, 0.25) is 0 Å². The third kappa shape index (κ3) is 4.55. The summed E-state index contributed by atoms with van der Waals surface area (Å²) in [5, 5.41) is 7.30. The number of fused-ring (bicyclic) bond motifs is 1. The molecular weight excluding hydrogens is 485 g/mol. The van der Waals surface area contributed by atoms with Gasteiger partial charge in [-0.05, 0) is 45.7 Å².